The van der Waals surface area contributed by atoms with Crippen LogP contribution in [0.25, 0.3) is 0 Å². The second-order valence-electron chi connectivity index (χ2n) is 6.00. The van der Waals surface area contributed by atoms with E-state index >= 15 is 0 Å². The van der Waals surface area contributed by atoms with Crippen molar-refractivity contribution in [2.24, 2.45) is 0 Å². The Balaban J connectivity index is 1.68. The number of sulfonamides is 1. The van der Waals surface area contributed by atoms with E-state index in [1.807, 2.05) is 13.0 Å². The van der Waals surface area contributed by atoms with Crippen LogP contribution in [0.2, 0.25) is 5.02 Å². The summed E-state index contributed by atoms with van der Waals surface area (Å²) in [5, 5.41) is 3.27. The van der Waals surface area contributed by atoms with Crippen LogP contribution >= 0.6 is 11.6 Å². The standard InChI is InChI=1S/C16H19ClN4O3S/c1-12-4-5-13(17)8-14(12)19-15(22)9-20-10-16(18-11-20)25(23,24)21-6-2-3-7-21/h4-5,8,10-11H,2-3,6-7,9H2,1H3,(H,19,22). The van der Waals surface area contributed by atoms with E-state index in [1.54, 1.807) is 12.1 Å². The maximum absolute atomic E-state index is 12.4. The van der Waals surface area contributed by atoms with E-state index in [-0.39, 0.29) is 17.5 Å². The van der Waals surface area contributed by atoms with Crippen molar-refractivity contribution in [1.82, 2.24) is 13.9 Å². The number of imidazole rings is 1. The van der Waals surface area contributed by atoms with Gasteiger partial charge in [-0.05, 0) is 37.5 Å². The maximum Gasteiger partial charge on any atom is 0.262 e. The Labute approximate surface area is 151 Å². The van der Waals surface area contributed by atoms with Crippen LogP contribution in [0.15, 0.2) is 35.7 Å². The third-order valence-electron chi connectivity index (χ3n) is 4.08. The molecule has 1 aromatic heterocycles. The van der Waals surface area contributed by atoms with E-state index in [9.17, 15) is 13.2 Å². The summed E-state index contributed by atoms with van der Waals surface area (Å²) < 4.78 is 27.8. The molecule has 1 N–H and O–H groups in total. The molecule has 1 aliphatic rings. The first kappa shape index (κ1) is 17.9. The molecule has 1 amide bonds. The number of benzene rings is 1. The number of hydrogen-bond donors (Lipinski definition) is 1. The summed E-state index contributed by atoms with van der Waals surface area (Å²) in [6.07, 6.45) is 4.47. The van der Waals surface area contributed by atoms with Crippen LogP contribution in [-0.4, -0.2) is 41.3 Å². The molecule has 9 heteroatoms. The van der Waals surface area contributed by atoms with Gasteiger partial charge in [-0.1, -0.05) is 17.7 Å². The summed E-state index contributed by atoms with van der Waals surface area (Å²) >= 11 is 5.94. The van der Waals surface area contributed by atoms with Gasteiger partial charge in [0.15, 0.2) is 5.03 Å². The van der Waals surface area contributed by atoms with Crippen molar-refractivity contribution in [3.63, 3.8) is 0 Å². The normalized spacial score (nSPS) is 15.4. The van der Waals surface area contributed by atoms with Crippen LogP contribution in [-0.2, 0) is 21.4 Å². The van der Waals surface area contributed by atoms with Crippen molar-refractivity contribution in [3.05, 3.63) is 41.3 Å². The fourth-order valence-corrected chi connectivity index (χ4v) is 4.33. The molecule has 2 aromatic rings. The SMILES string of the molecule is Cc1ccc(Cl)cc1NC(=O)Cn1cnc(S(=O)(=O)N2CCCC2)c1. The highest BCUT2D eigenvalue weighted by atomic mass is 35.5. The lowest BCUT2D eigenvalue weighted by molar-refractivity contribution is -0.116. The largest absolute Gasteiger partial charge is 0.327 e. The summed E-state index contributed by atoms with van der Waals surface area (Å²) in [6, 6.07) is 5.24. The topological polar surface area (TPSA) is 84.3 Å². The third kappa shape index (κ3) is 4.02. The maximum atomic E-state index is 12.4. The number of nitrogens with one attached hydrogen (secondary N) is 1. The first-order valence-electron chi connectivity index (χ1n) is 7.94. The Morgan fingerprint density at radius 2 is 2.04 bits per heavy atom. The average Bonchev–Trinajstić information content (AvgIpc) is 3.22. The van der Waals surface area contributed by atoms with Gasteiger partial charge in [0.05, 0.1) is 6.33 Å². The monoisotopic (exact) mass is 382 g/mol. The molecule has 25 heavy (non-hydrogen) atoms. The van der Waals surface area contributed by atoms with Crippen LogP contribution in [0, 0.1) is 6.92 Å². The zero-order valence-corrected chi connectivity index (χ0v) is 15.3. The number of amides is 1. The Morgan fingerprint density at radius 3 is 2.76 bits per heavy atom. The fraction of sp³-hybridized carbons (Fsp3) is 0.375. The quantitative estimate of drug-likeness (QED) is 0.859. The van der Waals surface area contributed by atoms with Crippen molar-refractivity contribution in [3.8, 4) is 0 Å². The van der Waals surface area contributed by atoms with Gasteiger partial charge in [0.25, 0.3) is 10.0 Å². The minimum atomic E-state index is -3.57. The highest BCUT2D eigenvalue weighted by Crippen LogP contribution is 2.21. The molecule has 2 heterocycles. The van der Waals surface area contributed by atoms with E-state index in [0.29, 0.717) is 23.8 Å². The van der Waals surface area contributed by atoms with Crippen LogP contribution in [0.1, 0.15) is 18.4 Å². The van der Waals surface area contributed by atoms with Crippen molar-refractivity contribution in [1.29, 1.82) is 0 Å². The number of aromatic nitrogens is 2. The van der Waals surface area contributed by atoms with Crippen molar-refractivity contribution in [2.75, 3.05) is 18.4 Å². The Morgan fingerprint density at radius 1 is 1.32 bits per heavy atom. The van der Waals surface area contributed by atoms with Gasteiger partial charge in [0.1, 0.15) is 6.54 Å². The summed E-state index contributed by atoms with van der Waals surface area (Å²) in [6.45, 7) is 2.87. The van der Waals surface area contributed by atoms with Gasteiger partial charge in [-0.3, -0.25) is 4.79 Å². The summed E-state index contributed by atoms with van der Waals surface area (Å²) in [7, 11) is -3.57. The molecule has 0 spiro atoms. The lowest BCUT2D eigenvalue weighted by Crippen LogP contribution is -2.28. The van der Waals surface area contributed by atoms with Crippen molar-refractivity contribution < 1.29 is 13.2 Å². The zero-order chi connectivity index (χ0) is 18.0. The molecule has 0 aliphatic carbocycles. The van der Waals surface area contributed by atoms with Gasteiger partial charge in [-0.25, -0.2) is 13.4 Å². The first-order valence-corrected chi connectivity index (χ1v) is 9.76. The smallest absolute Gasteiger partial charge is 0.262 e. The number of carbonyl (C=O) groups is 1. The average molecular weight is 383 g/mol. The highest BCUT2D eigenvalue weighted by Gasteiger charge is 2.29. The molecule has 1 aromatic carbocycles. The van der Waals surface area contributed by atoms with E-state index < -0.39 is 10.0 Å². The Kier molecular flexibility index (Phi) is 5.12. The van der Waals surface area contributed by atoms with Gasteiger partial charge in [-0.15, -0.1) is 0 Å². The van der Waals surface area contributed by atoms with E-state index in [4.69, 9.17) is 11.6 Å². The summed E-state index contributed by atoms with van der Waals surface area (Å²) in [5.74, 6) is -0.284. The molecule has 0 radical (unpaired) electrons. The second kappa shape index (κ2) is 7.15. The van der Waals surface area contributed by atoms with Gasteiger partial charge in [0.2, 0.25) is 5.91 Å². The molecule has 0 unspecified atom stereocenters. The van der Waals surface area contributed by atoms with Gasteiger partial charge in [-0.2, -0.15) is 4.31 Å². The fourth-order valence-electron chi connectivity index (χ4n) is 2.70. The van der Waals surface area contributed by atoms with E-state index in [0.717, 1.165) is 18.4 Å². The zero-order valence-electron chi connectivity index (χ0n) is 13.8. The minimum absolute atomic E-state index is 0.0267. The minimum Gasteiger partial charge on any atom is -0.327 e. The number of halogens is 1. The number of carbonyl (C=O) groups excluding carboxylic acids is 1. The van der Waals surface area contributed by atoms with Crippen LogP contribution in [0.4, 0.5) is 5.69 Å². The third-order valence-corrected chi connectivity index (χ3v) is 6.10. The molecule has 1 saturated heterocycles. The molecular weight excluding hydrogens is 364 g/mol. The van der Waals surface area contributed by atoms with Crippen LogP contribution < -0.4 is 5.32 Å². The Bertz CT molecular complexity index is 889. The lowest BCUT2D eigenvalue weighted by Gasteiger charge is -2.12. The molecule has 7 nitrogen and oxygen atoms in total. The number of nitrogens with zero attached hydrogens (tertiary/aromatic N) is 3. The molecule has 0 atom stereocenters. The molecule has 0 saturated carbocycles. The van der Waals surface area contributed by atoms with E-state index in [1.165, 1.54) is 21.4 Å². The second-order valence-corrected chi connectivity index (χ2v) is 8.32. The molecule has 3 rings (SSSR count). The van der Waals surface area contributed by atoms with Gasteiger partial charge in [0, 0.05) is 30.0 Å². The first-order chi connectivity index (χ1) is 11.9. The molecule has 0 bridgehead atoms. The molecule has 1 fully saturated rings. The lowest BCUT2D eigenvalue weighted by atomic mass is 10.2. The van der Waals surface area contributed by atoms with E-state index in [2.05, 4.69) is 10.3 Å². The molecule has 1 aliphatic heterocycles. The van der Waals surface area contributed by atoms with Crippen LogP contribution in [0.5, 0.6) is 0 Å². The number of aryl methyl sites for hydroxylation is 1. The van der Waals surface area contributed by atoms with Crippen molar-refractivity contribution in [2.45, 2.75) is 31.3 Å². The predicted molar refractivity (Wildman–Crippen MR) is 95.0 cm³/mol. The summed E-state index contributed by atoms with van der Waals surface area (Å²) in [5.41, 5.74) is 1.52. The van der Waals surface area contributed by atoms with Gasteiger partial charge < -0.3 is 9.88 Å². The number of hydrogen-bond acceptors (Lipinski definition) is 4. The van der Waals surface area contributed by atoms with Gasteiger partial charge >= 0.3 is 0 Å². The van der Waals surface area contributed by atoms with Crippen molar-refractivity contribution >= 4 is 33.2 Å². The molecular formula is C16H19ClN4O3S. The number of anilines is 1. The van der Waals surface area contributed by atoms with Crippen LogP contribution in [0.3, 0.4) is 0 Å². The Hall–Kier alpha value is -1.90. The summed E-state index contributed by atoms with van der Waals surface area (Å²) in [4.78, 5) is 16.2. The predicted octanol–water partition coefficient (Wildman–Crippen LogP) is 2.27. The molecule has 134 valence electrons. The number of rotatable bonds is 5. The highest BCUT2D eigenvalue weighted by molar-refractivity contribution is 7.89.